The number of rotatable bonds is 0. The molecule has 0 aliphatic carbocycles. The second-order valence-electron chi connectivity index (χ2n) is 0.513. The van der Waals surface area contributed by atoms with Crippen molar-refractivity contribution in [3.8, 4) is 0 Å². The van der Waals surface area contributed by atoms with Gasteiger partial charge in [-0.25, -0.2) is 0 Å². The molecule has 0 heterocycles. The molecule has 40 valence electrons. The molecule has 0 aliphatic heterocycles. The van der Waals surface area contributed by atoms with E-state index in [0.29, 0.717) is 0 Å². The van der Waals surface area contributed by atoms with Crippen molar-refractivity contribution in [2.75, 3.05) is 0 Å². The normalized spacial score (nSPS) is 9.83. The van der Waals surface area contributed by atoms with E-state index >= 15 is 0 Å². The molecule has 0 fully saturated rings. The molecule has 0 aromatic heterocycles. The van der Waals surface area contributed by atoms with Gasteiger partial charge in [-0.05, 0) is 0 Å². The van der Waals surface area contributed by atoms with E-state index < -0.39 is 14.5 Å². The van der Waals surface area contributed by atoms with Crippen molar-refractivity contribution in [2.45, 2.75) is 0 Å². The molecule has 0 radical (unpaired) electrons. The quantitative estimate of drug-likeness (QED) is 0.445. The number of hydrogen-bond acceptors (Lipinski definition) is 1. The first kappa shape index (κ1) is 10.5. The predicted octanol–water partition coefficient (Wildman–Crippen LogP) is -2.17. The van der Waals surface area contributed by atoms with Crippen LogP contribution in [0.4, 0.5) is 0 Å². The van der Waals surface area contributed by atoms with E-state index in [1.165, 1.54) is 0 Å². The Labute approximate surface area is 69.6 Å². The zero-order valence-electron chi connectivity index (χ0n) is 2.55. The van der Waals surface area contributed by atoms with Crippen LogP contribution in [0.3, 0.4) is 0 Å². The Morgan fingerprint density at radius 2 is 1.17 bits per heavy atom. The van der Waals surface area contributed by atoms with Crippen LogP contribution in [-0.4, -0.2) is 26.8 Å². The maximum absolute atomic E-state index is 8.94. The van der Waals surface area contributed by atoms with Crippen molar-refractivity contribution in [3.63, 3.8) is 0 Å². The van der Waals surface area contributed by atoms with E-state index in [-0.39, 0.29) is 39.9 Å². The average Bonchev–Trinajstić information content (AvgIpc) is 0.722. The summed E-state index contributed by atoms with van der Waals surface area (Å²) in [5.74, 6) is 0. The van der Waals surface area contributed by atoms with Gasteiger partial charge in [-0.15, -0.1) is 0 Å². The smallest absolute Gasteiger partial charge is 0 e. The third kappa shape index (κ3) is 47.4. The second kappa shape index (κ2) is 3.55. The van der Waals surface area contributed by atoms with Gasteiger partial charge < -0.3 is 0 Å². The zero-order valence-corrected chi connectivity index (χ0v) is 6.70. The average molecular weight is 299 g/mol. The molecule has 0 amide bonds. The monoisotopic (exact) mass is 300 g/mol. The maximum atomic E-state index is 8.94. The van der Waals surface area contributed by atoms with Crippen molar-refractivity contribution in [1.29, 1.82) is 0 Å². The van der Waals surface area contributed by atoms with Crippen LogP contribution >= 0.6 is 0 Å². The molecule has 0 saturated carbocycles. The van der Waals surface area contributed by atoms with Gasteiger partial charge in [-0.2, -0.15) is 0 Å². The topological polar surface area (TPSA) is 77.8 Å². The largest absolute Gasteiger partial charge is 0 e. The molecular formula is H3AsGdO4. The van der Waals surface area contributed by atoms with Crippen LogP contribution in [0.25, 0.3) is 0 Å². The van der Waals surface area contributed by atoms with Crippen LogP contribution in [0.2, 0.25) is 0 Å². The van der Waals surface area contributed by atoms with Crippen LogP contribution in [0.5, 0.6) is 0 Å². The second-order valence-corrected chi connectivity index (χ2v) is 2.67. The molecule has 0 rings (SSSR count). The van der Waals surface area contributed by atoms with Crippen molar-refractivity contribution in [3.05, 3.63) is 0 Å². The summed E-state index contributed by atoms with van der Waals surface area (Å²) in [6, 6.07) is 0. The SMILES string of the molecule is O=[As](O)(O)O.[Gd]. The third-order valence-electron chi connectivity index (χ3n) is 0. The van der Waals surface area contributed by atoms with Crippen LogP contribution < -0.4 is 0 Å². The molecular weight excluding hydrogens is 296 g/mol. The van der Waals surface area contributed by atoms with Crippen molar-refractivity contribution < 1.29 is 56.0 Å². The third-order valence-corrected chi connectivity index (χ3v) is 0. The molecule has 0 atom stereocenters. The fraction of sp³-hybridized carbons (Fsp3) is 0. The summed E-state index contributed by atoms with van der Waals surface area (Å²) in [6.45, 7) is 0. The fourth-order valence-corrected chi connectivity index (χ4v) is 0. The Hall–Kier alpha value is 1.56. The maximum Gasteiger partial charge on any atom is 0 e. The van der Waals surface area contributed by atoms with Gasteiger partial charge in [0.25, 0.3) is 0 Å². The minimum atomic E-state index is -5.12. The Morgan fingerprint density at radius 1 is 1.17 bits per heavy atom. The Balaban J connectivity index is 0. The van der Waals surface area contributed by atoms with Crippen molar-refractivity contribution in [2.24, 2.45) is 0 Å². The van der Waals surface area contributed by atoms with Gasteiger partial charge in [0.1, 0.15) is 0 Å². The van der Waals surface area contributed by atoms with Crippen LogP contribution in [0, 0.1) is 39.9 Å². The summed E-state index contributed by atoms with van der Waals surface area (Å²) in [5, 5.41) is 0. The van der Waals surface area contributed by atoms with Crippen LogP contribution in [-0.2, 0) is 3.74 Å². The van der Waals surface area contributed by atoms with Crippen molar-refractivity contribution >= 4 is 14.5 Å². The molecule has 0 aliphatic rings. The van der Waals surface area contributed by atoms with E-state index in [0.717, 1.165) is 0 Å². The van der Waals surface area contributed by atoms with E-state index in [9.17, 15) is 0 Å². The standard InChI is InChI=1S/AsH3O4.Gd/c2-1(3,4)5;/h(H3,2,3,4,5);. The first-order valence-electron chi connectivity index (χ1n) is 0.783. The van der Waals surface area contributed by atoms with Gasteiger partial charge >= 0.3 is 30.5 Å². The molecule has 0 saturated heterocycles. The fourth-order valence-electron chi connectivity index (χ4n) is 0. The summed E-state index contributed by atoms with van der Waals surface area (Å²) >= 11 is -5.12. The molecule has 6 heteroatoms. The summed E-state index contributed by atoms with van der Waals surface area (Å²) in [4.78, 5) is 0. The van der Waals surface area contributed by atoms with Crippen LogP contribution in [0.1, 0.15) is 0 Å². The van der Waals surface area contributed by atoms with Gasteiger partial charge in [0.05, 0.1) is 0 Å². The minimum Gasteiger partial charge on any atom is 0 e. The molecule has 4 nitrogen and oxygen atoms in total. The van der Waals surface area contributed by atoms with Gasteiger partial charge in [0, 0.05) is 39.9 Å². The van der Waals surface area contributed by atoms with Crippen molar-refractivity contribution in [1.82, 2.24) is 0 Å². The summed E-state index contributed by atoms with van der Waals surface area (Å²) < 4.78 is 30.7. The first-order chi connectivity index (χ1) is 2.00. The van der Waals surface area contributed by atoms with E-state index in [2.05, 4.69) is 0 Å². The van der Waals surface area contributed by atoms with Crippen LogP contribution in [0.15, 0.2) is 0 Å². The summed E-state index contributed by atoms with van der Waals surface area (Å²) in [6.07, 6.45) is 0. The van der Waals surface area contributed by atoms with Gasteiger partial charge in [0.2, 0.25) is 0 Å². The molecule has 0 aromatic rings. The van der Waals surface area contributed by atoms with Gasteiger partial charge in [-0.1, -0.05) is 0 Å². The Morgan fingerprint density at radius 3 is 1.17 bits per heavy atom. The molecule has 0 bridgehead atoms. The summed E-state index contributed by atoms with van der Waals surface area (Å²) in [7, 11) is 0. The molecule has 6 heavy (non-hydrogen) atoms. The summed E-state index contributed by atoms with van der Waals surface area (Å²) in [5.41, 5.74) is 0. The number of hydrogen-bond donors (Lipinski definition) is 3. The van der Waals surface area contributed by atoms with E-state index in [1.807, 2.05) is 0 Å². The van der Waals surface area contributed by atoms with E-state index in [1.54, 1.807) is 0 Å². The first-order valence-corrected chi connectivity index (χ1v) is 4.07. The van der Waals surface area contributed by atoms with E-state index in [4.69, 9.17) is 16.0 Å². The van der Waals surface area contributed by atoms with Gasteiger partial charge in [0.15, 0.2) is 0 Å². The Kier molecular flexibility index (Phi) is 6.23. The molecule has 0 unspecified atom stereocenters. The zero-order chi connectivity index (χ0) is 4.50. The molecule has 3 N–H and O–H groups in total. The molecule has 0 aromatic carbocycles. The van der Waals surface area contributed by atoms with Gasteiger partial charge in [-0.3, -0.25) is 0 Å². The molecule has 0 spiro atoms. The Bertz CT molecular complexity index is 53.7. The predicted molar refractivity (Wildman–Crippen MR) is 13.1 cm³/mol. The minimum absolute atomic E-state index is 0.